The number of methoxy groups -OCH3 is 1. The van der Waals surface area contributed by atoms with Gasteiger partial charge in [0.25, 0.3) is 5.91 Å². The van der Waals surface area contributed by atoms with Gasteiger partial charge < -0.3 is 4.74 Å². The van der Waals surface area contributed by atoms with Crippen LogP contribution in [0.4, 0.5) is 11.4 Å². The molecule has 2 aromatic rings. The number of nitro groups is 1. The zero-order chi connectivity index (χ0) is 16.4. The molecule has 8 nitrogen and oxygen atoms in total. The van der Waals surface area contributed by atoms with E-state index in [0.717, 1.165) is 16.8 Å². The van der Waals surface area contributed by atoms with E-state index in [1.165, 1.54) is 12.3 Å². The van der Waals surface area contributed by atoms with Crippen LogP contribution >= 0.6 is 0 Å². The first-order valence-corrected chi connectivity index (χ1v) is 6.73. The molecule has 1 amide bonds. The zero-order valence-corrected chi connectivity index (χ0v) is 12.2. The average molecular weight is 312 g/mol. The standard InChI is InChI=1S/C15H12N4O4/c1-23-11-4-2-10(3-5-11)12-8-15(20)18(17-12)13-6-7-16-9-14(13)19(21)22/h2-7,9H,8H2,1H3. The molecule has 0 bridgehead atoms. The Balaban J connectivity index is 1.97. The fourth-order valence-electron chi connectivity index (χ4n) is 2.26. The highest BCUT2D eigenvalue weighted by Gasteiger charge is 2.30. The molecule has 1 aromatic carbocycles. The van der Waals surface area contributed by atoms with Crippen molar-refractivity contribution in [3.8, 4) is 5.75 Å². The third-order valence-electron chi connectivity index (χ3n) is 3.40. The third kappa shape index (κ3) is 2.73. The molecule has 2 heterocycles. The molecule has 0 radical (unpaired) electrons. The molecule has 0 spiro atoms. The van der Waals surface area contributed by atoms with Crippen LogP contribution in [0, 0.1) is 10.1 Å². The Kier molecular flexibility index (Phi) is 3.71. The molecule has 116 valence electrons. The van der Waals surface area contributed by atoms with E-state index in [2.05, 4.69) is 10.1 Å². The fourth-order valence-corrected chi connectivity index (χ4v) is 2.26. The topological polar surface area (TPSA) is 97.9 Å². The number of carbonyl (C=O) groups is 1. The largest absolute Gasteiger partial charge is 0.497 e. The number of carbonyl (C=O) groups excluding carboxylic acids is 1. The van der Waals surface area contributed by atoms with Crippen molar-refractivity contribution in [2.24, 2.45) is 5.10 Å². The SMILES string of the molecule is COc1ccc(C2=NN(c3ccncc3[N+](=O)[O-])C(=O)C2)cc1. The van der Waals surface area contributed by atoms with E-state index in [1.807, 2.05) is 0 Å². The Morgan fingerprint density at radius 2 is 2.00 bits per heavy atom. The van der Waals surface area contributed by atoms with Crippen LogP contribution in [0.25, 0.3) is 0 Å². The number of ether oxygens (including phenoxy) is 1. The number of hydrogen-bond acceptors (Lipinski definition) is 6. The number of pyridine rings is 1. The summed E-state index contributed by atoms with van der Waals surface area (Å²) in [5.74, 6) is 0.366. The fraction of sp³-hybridized carbons (Fsp3) is 0.133. The Bertz CT molecular complexity index is 801. The van der Waals surface area contributed by atoms with E-state index < -0.39 is 4.92 Å². The number of hydrazone groups is 1. The highest BCUT2D eigenvalue weighted by atomic mass is 16.6. The van der Waals surface area contributed by atoms with E-state index in [-0.39, 0.29) is 23.7 Å². The Morgan fingerprint density at radius 3 is 2.65 bits per heavy atom. The lowest BCUT2D eigenvalue weighted by molar-refractivity contribution is -0.384. The van der Waals surface area contributed by atoms with Crippen LogP contribution in [-0.2, 0) is 4.79 Å². The minimum atomic E-state index is -0.587. The molecule has 0 aliphatic carbocycles. The van der Waals surface area contributed by atoms with Gasteiger partial charge in [0.05, 0.1) is 24.2 Å². The normalized spacial score (nSPS) is 13.9. The van der Waals surface area contributed by atoms with Gasteiger partial charge in [0.2, 0.25) is 0 Å². The Labute approximate surface area is 131 Å². The highest BCUT2D eigenvalue weighted by Crippen LogP contribution is 2.30. The van der Waals surface area contributed by atoms with Crippen LogP contribution in [-0.4, -0.2) is 28.6 Å². The molecule has 0 N–H and O–H groups in total. The second-order valence-corrected chi connectivity index (χ2v) is 4.78. The van der Waals surface area contributed by atoms with E-state index in [0.29, 0.717) is 11.5 Å². The lowest BCUT2D eigenvalue weighted by Gasteiger charge is -2.10. The maximum Gasteiger partial charge on any atom is 0.313 e. The molecule has 1 aliphatic heterocycles. The van der Waals surface area contributed by atoms with Crippen molar-refractivity contribution in [2.45, 2.75) is 6.42 Å². The van der Waals surface area contributed by atoms with Crippen molar-refractivity contribution in [1.29, 1.82) is 0 Å². The maximum atomic E-state index is 12.2. The Morgan fingerprint density at radius 1 is 1.26 bits per heavy atom. The lowest BCUT2D eigenvalue weighted by atomic mass is 10.1. The second-order valence-electron chi connectivity index (χ2n) is 4.78. The quantitative estimate of drug-likeness (QED) is 0.636. The van der Waals surface area contributed by atoms with E-state index >= 15 is 0 Å². The molecule has 0 saturated heterocycles. The minimum absolute atomic E-state index is 0.0752. The molecule has 0 saturated carbocycles. The Hall–Kier alpha value is -3.29. The van der Waals surface area contributed by atoms with Gasteiger partial charge in [-0.1, -0.05) is 0 Å². The summed E-state index contributed by atoms with van der Waals surface area (Å²) in [5.41, 5.74) is 1.15. The zero-order valence-electron chi connectivity index (χ0n) is 12.2. The number of nitrogens with zero attached hydrogens (tertiary/aromatic N) is 4. The number of hydrogen-bond donors (Lipinski definition) is 0. The van der Waals surface area contributed by atoms with Gasteiger partial charge in [0, 0.05) is 6.20 Å². The molecule has 1 aromatic heterocycles. The van der Waals surface area contributed by atoms with E-state index in [9.17, 15) is 14.9 Å². The second kappa shape index (κ2) is 5.84. The molecule has 23 heavy (non-hydrogen) atoms. The summed E-state index contributed by atoms with van der Waals surface area (Å²) in [7, 11) is 1.57. The number of anilines is 1. The maximum absolute atomic E-state index is 12.2. The van der Waals surface area contributed by atoms with Gasteiger partial charge in [0.15, 0.2) is 0 Å². The van der Waals surface area contributed by atoms with Gasteiger partial charge in [-0.3, -0.25) is 19.9 Å². The molecule has 8 heteroatoms. The summed E-state index contributed by atoms with van der Waals surface area (Å²) < 4.78 is 5.09. The minimum Gasteiger partial charge on any atom is -0.497 e. The van der Waals surface area contributed by atoms with Gasteiger partial charge in [-0.15, -0.1) is 0 Å². The molecule has 0 atom stereocenters. The van der Waals surface area contributed by atoms with Crippen LogP contribution in [0.3, 0.4) is 0 Å². The van der Waals surface area contributed by atoms with Crippen molar-refractivity contribution >= 4 is 23.0 Å². The van der Waals surface area contributed by atoms with Gasteiger partial charge in [0.1, 0.15) is 17.6 Å². The van der Waals surface area contributed by atoms with E-state index in [1.54, 1.807) is 31.4 Å². The summed E-state index contributed by atoms with van der Waals surface area (Å²) >= 11 is 0. The number of aromatic nitrogens is 1. The molecule has 0 unspecified atom stereocenters. The molecule has 1 aliphatic rings. The number of rotatable bonds is 4. The van der Waals surface area contributed by atoms with Gasteiger partial charge in [-0.05, 0) is 35.9 Å². The number of amides is 1. The predicted molar refractivity (Wildman–Crippen MR) is 82.5 cm³/mol. The van der Waals surface area contributed by atoms with Crippen LogP contribution in [0.2, 0.25) is 0 Å². The first-order chi connectivity index (χ1) is 11.1. The van der Waals surface area contributed by atoms with Crippen molar-refractivity contribution in [2.75, 3.05) is 12.1 Å². The summed E-state index contributed by atoms with van der Waals surface area (Å²) in [6.07, 6.45) is 2.56. The van der Waals surface area contributed by atoms with Crippen LogP contribution < -0.4 is 9.75 Å². The van der Waals surface area contributed by atoms with E-state index in [4.69, 9.17) is 4.74 Å². The summed E-state index contributed by atoms with van der Waals surface area (Å²) in [5, 5.41) is 16.4. The monoisotopic (exact) mass is 312 g/mol. The third-order valence-corrected chi connectivity index (χ3v) is 3.40. The van der Waals surface area contributed by atoms with Crippen molar-refractivity contribution < 1.29 is 14.5 Å². The van der Waals surface area contributed by atoms with Crippen LogP contribution in [0.1, 0.15) is 12.0 Å². The van der Waals surface area contributed by atoms with Gasteiger partial charge in [-0.2, -0.15) is 10.1 Å². The highest BCUT2D eigenvalue weighted by molar-refractivity contribution is 6.19. The summed E-state index contributed by atoms with van der Waals surface area (Å²) in [6.45, 7) is 0. The smallest absolute Gasteiger partial charge is 0.313 e. The predicted octanol–water partition coefficient (Wildman–Crippen LogP) is 2.14. The molecular formula is C15H12N4O4. The molecule has 0 fully saturated rings. The van der Waals surface area contributed by atoms with Gasteiger partial charge in [-0.25, -0.2) is 0 Å². The summed E-state index contributed by atoms with van der Waals surface area (Å²) in [4.78, 5) is 26.4. The molecule has 3 rings (SSSR count). The van der Waals surface area contributed by atoms with Crippen molar-refractivity contribution in [3.63, 3.8) is 0 Å². The molecular weight excluding hydrogens is 300 g/mol. The van der Waals surface area contributed by atoms with Crippen molar-refractivity contribution in [1.82, 2.24) is 4.98 Å². The first-order valence-electron chi connectivity index (χ1n) is 6.73. The first kappa shape index (κ1) is 14.6. The van der Waals surface area contributed by atoms with Crippen molar-refractivity contribution in [3.05, 3.63) is 58.4 Å². The van der Waals surface area contributed by atoms with Crippen LogP contribution in [0.5, 0.6) is 5.75 Å². The number of benzene rings is 1. The lowest BCUT2D eigenvalue weighted by Crippen LogP contribution is -2.20. The van der Waals surface area contributed by atoms with Gasteiger partial charge >= 0.3 is 5.69 Å². The van der Waals surface area contributed by atoms with Crippen LogP contribution in [0.15, 0.2) is 47.8 Å². The summed E-state index contributed by atoms with van der Waals surface area (Å²) in [6, 6.07) is 8.50. The average Bonchev–Trinajstić information content (AvgIpc) is 2.96.